The SMILES string of the molecule is Cc1ccc(C)c(-c2c3cc(C)ccc3nc[n+]2C)c1. The fraction of sp³-hybridized carbons (Fsp3) is 0.222. The smallest absolute Gasteiger partial charge is 0.232 e. The topological polar surface area (TPSA) is 16.8 Å². The number of hydrogen-bond acceptors (Lipinski definition) is 1. The van der Waals surface area contributed by atoms with E-state index in [0.29, 0.717) is 0 Å². The summed E-state index contributed by atoms with van der Waals surface area (Å²) in [4.78, 5) is 4.52. The number of benzene rings is 2. The fourth-order valence-corrected chi connectivity index (χ4v) is 2.67. The summed E-state index contributed by atoms with van der Waals surface area (Å²) >= 11 is 0. The van der Waals surface area contributed by atoms with Gasteiger partial charge in [0.1, 0.15) is 5.69 Å². The average Bonchev–Trinajstić information content (AvgIpc) is 2.42. The molecule has 0 aliphatic rings. The second-order valence-electron chi connectivity index (χ2n) is 5.54. The zero-order valence-electron chi connectivity index (χ0n) is 12.4. The summed E-state index contributed by atoms with van der Waals surface area (Å²) in [7, 11) is 2.06. The van der Waals surface area contributed by atoms with Gasteiger partial charge in [-0.15, -0.1) is 0 Å². The van der Waals surface area contributed by atoms with Crippen LogP contribution in [0.4, 0.5) is 0 Å². The number of aromatic nitrogens is 2. The second-order valence-corrected chi connectivity index (χ2v) is 5.54. The zero-order chi connectivity index (χ0) is 14.3. The minimum atomic E-state index is 1.05. The molecule has 1 heterocycles. The molecule has 0 fully saturated rings. The summed E-state index contributed by atoms with van der Waals surface area (Å²) in [5.41, 5.74) is 7.40. The first-order valence-electron chi connectivity index (χ1n) is 6.89. The van der Waals surface area contributed by atoms with E-state index in [2.05, 4.69) is 73.8 Å². The van der Waals surface area contributed by atoms with Gasteiger partial charge in [-0.05, 0) is 49.5 Å². The van der Waals surface area contributed by atoms with Crippen LogP contribution in [0.25, 0.3) is 22.2 Å². The molecule has 0 amide bonds. The largest absolute Gasteiger partial charge is 0.287 e. The van der Waals surface area contributed by atoms with Crippen molar-refractivity contribution in [1.29, 1.82) is 0 Å². The van der Waals surface area contributed by atoms with Gasteiger partial charge in [-0.1, -0.05) is 29.3 Å². The van der Waals surface area contributed by atoms with E-state index < -0.39 is 0 Å². The van der Waals surface area contributed by atoms with Crippen molar-refractivity contribution in [1.82, 2.24) is 4.98 Å². The molecule has 1 aromatic heterocycles. The standard InChI is InChI=1S/C18H19N2/c1-12-5-7-14(3)15(9-12)18-16-10-13(2)6-8-17(16)19-11-20(18)4/h5-11H,1-4H3/q+1. The Morgan fingerprint density at radius 2 is 1.60 bits per heavy atom. The van der Waals surface area contributed by atoms with Crippen LogP contribution in [0.2, 0.25) is 0 Å². The van der Waals surface area contributed by atoms with Gasteiger partial charge in [-0.25, -0.2) is 4.57 Å². The molecule has 20 heavy (non-hydrogen) atoms. The lowest BCUT2D eigenvalue weighted by molar-refractivity contribution is -0.662. The molecule has 3 rings (SSSR count). The molecule has 2 heteroatoms. The Labute approximate surface area is 119 Å². The molecule has 0 atom stereocenters. The van der Waals surface area contributed by atoms with Crippen molar-refractivity contribution in [2.45, 2.75) is 20.8 Å². The molecule has 2 aromatic carbocycles. The quantitative estimate of drug-likeness (QED) is 0.612. The highest BCUT2D eigenvalue weighted by molar-refractivity contribution is 5.91. The van der Waals surface area contributed by atoms with E-state index in [-0.39, 0.29) is 0 Å². The van der Waals surface area contributed by atoms with E-state index >= 15 is 0 Å². The summed E-state index contributed by atoms with van der Waals surface area (Å²) < 4.78 is 2.11. The highest BCUT2D eigenvalue weighted by Gasteiger charge is 2.16. The summed E-state index contributed by atoms with van der Waals surface area (Å²) in [6, 6.07) is 13.0. The van der Waals surface area contributed by atoms with Crippen LogP contribution in [-0.4, -0.2) is 4.98 Å². The first-order chi connectivity index (χ1) is 9.56. The summed E-state index contributed by atoms with van der Waals surface area (Å²) in [5.74, 6) is 0. The van der Waals surface area contributed by atoms with Crippen molar-refractivity contribution in [2.24, 2.45) is 7.05 Å². The van der Waals surface area contributed by atoms with Crippen LogP contribution in [0, 0.1) is 20.8 Å². The van der Waals surface area contributed by atoms with Gasteiger partial charge in [0.05, 0.1) is 12.4 Å². The lowest BCUT2D eigenvalue weighted by atomic mass is 9.98. The monoisotopic (exact) mass is 263 g/mol. The van der Waals surface area contributed by atoms with Gasteiger partial charge in [0.15, 0.2) is 5.52 Å². The predicted octanol–water partition coefficient (Wildman–Crippen LogP) is 3.65. The minimum absolute atomic E-state index is 1.05. The summed E-state index contributed by atoms with van der Waals surface area (Å²) in [6.45, 7) is 6.42. The van der Waals surface area contributed by atoms with Crippen molar-refractivity contribution < 1.29 is 4.57 Å². The highest BCUT2D eigenvalue weighted by atomic mass is 15.0. The molecule has 0 saturated carbocycles. The molecule has 0 unspecified atom stereocenters. The maximum atomic E-state index is 4.52. The van der Waals surface area contributed by atoms with Crippen molar-refractivity contribution >= 4 is 10.9 Å². The van der Waals surface area contributed by atoms with E-state index in [1.54, 1.807) is 0 Å². The molecule has 0 N–H and O–H groups in total. The molecule has 0 aliphatic heterocycles. The maximum absolute atomic E-state index is 4.52. The Bertz CT molecular complexity index is 799. The van der Waals surface area contributed by atoms with E-state index in [9.17, 15) is 0 Å². The number of rotatable bonds is 1. The molecular weight excluding hydrogens is 244 g/mol. The lowest BCUT2D eigenvalue weighted by Gasteiger charge is -2.10. The third-order valence-electron chi connectivity index (χ3n) is 3.78. The van der Waals surface area contributed by atoms with Crippen molar-refractivity contribution in [3.8, 4) is 11.3 Å². The molecule has 0 saturated heterocycles. The number of nitrogens with zero attached hydrogens (tertiary/aromatic N) is 2. The minimum Gasteiger partial charge on any atom is -0.232 e. The van der Waals surface area contributed by atoms with Crippen LogP contribution in [0.3, 0.4) is 0 Å². The molecule has 2 nitrogen and oxygen atoms in total. The van der Waals surface area contributed by atoms with Gasteiger partial charge in [-0.3, -0.25) is 0 Å². The maximum Gasteiger partial charge on any atom is 0.287 e. The molecule has 0 radical (unpaired) electrons. The van der Waals surface area contributed by atoms with E-state index in [1.165, 1.54) is 33.3 Å². The van der Waals surface area contributed by atoms with Crippen molar-refractivity contribution in [3.63, 3.8) is 0 Å². The van der Waals surface area contributed by atoms with Gasteiger partial charge in [-0.2, -0.15) is 0 Å². The Morgan fingerprint density at radius 3 is 2.40 bits per heavy atom. The lowest BCUT2D eigenvalue weighted by Crippen LogP contribution is -2.31. The predicted molar refractivity (Wildman–Crippen MR) is 82.6 cm³/mol. The third-order valence-corrected chi connectivity index (χ3v) is 3.78. The van der Waals surface area contributed by atoms with Crippen LogP contribution < -0.4 is 4.57 Å². The molecule has 0 bridgehead atoms. The summed E-state index contributed by atoms with van der Waals surface area (Å²) in [6.07, 6.45) is 1.90. The Hall–Kier alpha value is -2.22. The Balaban J connectivity index is 2.43. The highest BCUT2D eigenvalue weighted by Crippen LogP contribution is 2.28. The Kier molecular flexibility index (Phi) is 3.01. The van der Waals surface area contributed by atoms with Crippen LogP contribution >= 0.6 is 0 Å². The normalized spacial score (nSPS) is 11.0. The molecule has 3 aromatic rings. The summed E-state index contributed by atoms with van der Waals surface area (Å²) in [5, 5.41) is 1.21. The molecule has 0 spiro atoms. The number of aryl methyl sites for hydroxylation is 4. The average molecular weight is 263 g/mol. The van der Waals surface area contributed by atoms with E-state index in [0.717, 1.165) is 5.52 Å². The van der Waals surface area contributed by atoms with Gasteiger partial charge in [0.25, 0.3) is 6.33 Å². The number of fused-ring (bicyclic) bond motifs is 1. The van der Waals surface area contributed by atoms with Crippen molar-refractivity contribution in [3.05, 3.63) is 59.4 Å². The molecule has 100 valence electrons. The molecular formula is C18H19N2+. The van der Waals surface area contributed by atoms with Gasteiger partial charge < -0.3 is 0 Å². The van der Waals surface area contributed by atoms with E-state index in [4.69, 9.17) is 0 Å². The number of hydrogen-bond donors (Lipinski definition) is 0. The first kappa shape index (κ1) is 12.8. The fourth-order valence-electron chi connectivity index (χ4n) is 2.67. The van der Waals surface area contributed by atoms with Gasteiger partial charge in [0.2, 0.25) is 0 Å². The first-order valence-corrected chi connectivity index (χ1v) is 6.89. The van der Waals surface area contributed by atoms with Crippen LogP contribution in [-0.2, 0) is 7.05 Å². The molecule has 0 aliphatic carbocycles. The van der Waals surface area contributed by atoms with Gasteiger partial charge in [0, 0.05) is 5.56 Å². The Morgan fingerprint density at radius 1 is 0.900 bits per heavy atom. The van der Waals surface area contributed by atoms with Gasteiger partial charge >= 0.3 is 0 Å². The van der Waals surface area contributed by atoms with Crippen LogP contribution in [0.15, 0.2) is 42.7 Å². The van der Waals surface area contributed by atoms with Crippen LogP contribution in [0.1, 0.15) is 16.7 Å². The second kappa shape index (κ2) is 4.71. The van der Waals surface area contributed by atoms with E-state index in [1.807, 2.05) is 6.33 Å². The van der Waals surface area contributed by atoms with Crippen LogP contribution in [0.5, 0.6) is 0 Å². The zero-order valence-corrected chi connectivity index (χ0v) is 12.4. The van der Waals surface area contributed by atoms with Crippen molar-refractivity contribution in [2.75, 3.05) is 0 Å². The third kappa shape index (κ3) is 2.07.